The Hall–Kier alpha value is -2.51. The van der Waals surface area contributed by atoms with E-state index in [-0.39, 0.29) is 17.4 Å². The highest BCUT2D eigenvalue weighted by atomic mass is 32.2. The third kappa shape index (κ3) is 3.52. The van der Waals surface area contributed by atoms with Crippen LogP contribution in [0.25, 0.3) is 21.2 Å². The van der Waals surface area contributed by atoms with Gasteiger partial charge in [0.25, 0.3) is 5.91 Å². The van der Waals surface area contributed by atoms with Crippen molar-refractivity contribution in [1.82, 2.24) is 9.88 Å². The van der Waals surface area contributed by atoms with Crippen LogP contribution in [0.5, 0.6) is 0 Å². The Morgan fingerprint density at radius 1 is 1.19 bits per heavy atom. The summed E-state index contributed by atoms with van der Waals surface area (Å²) in [6, 6.07) is 15.4. The van der Waals surface area contributed by atoms with Gasteiger partial charge < -0.3 is 9.32 Å². The van der Waals surface area contributed by atoms with Crippen molar-refractivity contribution in [2.75, 3.05) is 13.3 Å². The van der Waals surface area contributed by atoms with E-state index in [0.717, 1.165) is 20.6 Å². The molecule has 138 valence electrons. The zero-order valence-electron chi connectivity index (χ0n) is 15.0. The Balaban J connectivity index is 1.65. The van der Waals surface area contributed by atoms with Crippen molar-refractivity contribution >= 4 is 49.2 Å². The maximum Gasteiger partial charge on any atom is 0.290 e. The molecule has 0 aliphatic rings. The predicted molar refractivity (Wildman–Crippen MR) is 109 cm³/mol. The van der Waals surface area contributed by atoms with Crippen LogP contribution in [-0.2, 0) is 23.1 Å². The molecule has 4 rings (SSSR count). The number of carbonyl (C=O) groups is 1. The van der Waals surface area contributed by atoms with Crippen molar-refractivity contribution in [2.45, 2.75) is 12.3 Å². The molecule has 2 aromatic heterocycles. The number of hydrogen-bond donors (Lipinski definition) is 0. The van der Waals surface area contributed by atoms with Gasteiger partial charge in [0.05, 0.1) is 22.5 Å². The van der Waals surface area contributed by atoms with E-state index in [2.05, 4.69) is 4.98 Å². The monoisotopic (exact) mass is 398 g/mol. The molecule has 1 unspecified atom stereocenters. The lowest BCUT2D eigenvalue weighted by molar-refractivity contribution is 0.0754. The average molecular weight is 399 g/mol. The number of carbonyl (C=O) groups excluding carboxylic acids is 1. The fourth-order valence-corrected chi connectivity index (χ4v) is 4.77. The van der Waals surface area contributed by atoms with Crippen molar-refractivity contribution in [3.05, 3.63) is 64.9 Å². The van der Waals surface area contributed by atoms with Crippen molar-refractivity contribution < 1.29 is 13.4 Å². The van der Waals surface area contributed by atoms with E-state index in [1.54, 1.807) is 29.5 Å². The Morgan fingerprint density at radius 3 is 2.70 bits per heavy atom. The Kier molecular flexibility index (Phi) is 4.80. The highest BCUT2D eigenvalue weighted by molar-refractivity contribution is 7.83. The number of fused-ring (bicyclic) bond motifs is 2. The Morgan fingerprint density at radius 2 is 1.93 bits per heavy atom. The average Bonchev–Trinajstić information content (AvgIpc) is 3.21. The van der Waals surface area contributed by atoms with Gasteiger partial charge in [0.2, 0.25) is 0 Å². The summed E-state index contributed by atoms with van der Waals surface area (Å²) in [5, 5.41) is 1.70. The number of para-hydroxylation sites is 2. The maximum atomic E-state index is 13.0. The standard InChI is InChI=1S/C20H18N2O3S2/c1-22(11-18-21-15-8-4-6-10-17(15)26-18)20(23)19-14(12-27(2)24)13-7-3-5-9-16(13)25-19/h3-10H,11-12H2,1-2H3. The summed E-state index contributed by atoms with van der Waals surface area (Å²) in [6.07, 6.45) is 1.63. The number of nitrogens with zero attached hydrogens (tertiary/aromatic N) is 2. The zero-order valence-corrected chi connectivity index (χ0v) is 16.6. The summed E-state index contributed by atoms with van der Waals surface area (Å²) in [5.74, 6) is 0.313. The normalized spacial score (nSPS) is 12.5. The number of furan rings is 1. The van der Waals surface area contributed by atoms with Gasteiger partial charge in [0.1, 0.15) is 10.6 Å². The molecule has 0 saturated carbocycles. The minimum atomic E-state index is -1.08. The van der Waals surface area contributed by atoms with Crippen LogP contribution in [0.1, 0.15) is 21.1 Å². The Bertz CT molecular complexity index is 1130. The molecule has 2 aromatic carbocycles. The lowest BCUT2D eigenvalue weighted by Crippen LogP contribution is -2.26. The van der Waals surface area contributed by atoms with Crippen LogP contribution in [0.2, 0.25) is 0 Å². The summed E-state index contributed by atoms with van der Waals surface area (Å²) in [5.41, 5.74) is 2.27. The van der Waals surface area contributed by atoms with Crippen LogP contribution in [0.3, 0.4) is 0 Å². The lowest BCUT2D eigenvalue weighted by Gasteiger charge is -2.14. The van der Waals surface area contributed by atoms with Crippen LogP contribution in [0.4, 0.5) is 0 Å². The van der Waals surface area contributed by atoms with Crippen molar-refractivity contribution in [3.63, 3.8) is 0 Å². The minimum Gasteiger partial charge on any atom is -0.451 e. The Labute approximate surface area is 163 Å². The zero-order chi connectivity index (χ0) is 19.0. The fraction of sp³-hybridized carbons (Fsp3) is 0.200. The summed E-state index contributed by atoms with van der Waals surface area (Å²) >= 11 is 1.57. The van der Waals surface area contributed by atoms with Gasteiger partial charge in [-0.3, -0.25) is 9.00 Å². The molecule has 0 aliphatic carbocycles. The summed E-state index contributed by atoms with van der Waals surface area (Å²) < 4.78 is 18.8. The first-order valence-corrected chi connectivity index (χ1v) is 11.0. The molecule has 27 heavy (non-hydrogen) atoms. The smallest absolute Gasteiger partial charge is 0.290 e. The van der Waals surface area contributed by atoms with E-state index >= 15 is 0 Å². The van der Waals surface area contributed by atoms with Gasteiger partial charge in [-0.2, -0.15) is 0 Å². The van der Waals surface area contributed by atoms with Crippen molar-refractivity contribution in [3.8, 4) is 0 Å². The quantitative estimate of drug-likeness (QED) is 0.506. The van der Waals surface area contributed by atoms with E-state index in [1.165, 1.54) is 0 Å². The lowest BCUT2D eigenvalue weighted by atomic mass is 10.1. The second-order valence-corrected chi connectivity index (χ2v) is 8.91. The van der Waals surface area contributed by atoms with E-state index in [0.29, 0.717) is 17.7 Å². The molecular weight excluding hydrogens is 380 g/mol. The summed E-state index contributed by atoms with van der Waals surface area (Å²) in [7, 11) is 0.650. The van der Waals surface area contributed by atoms with Gasteiger partial charge in [-0.25, -0.2) is 4.98 Å². The molecule has 0 spiro atoms. The SMILES string of the molecule is CN(Cc1nc2ccccc2s1)C(=O)c1oc2ccccc2c1CS(C)=O. The molecule has 1 amide bonds. The van der Waals surface area contributed by atoms with Gasteiger partial charge >= 0.3 is 0 Å². The highest BCUT2D eigenvalue weighted by Gasteiger charge is 2.24. The van der Waals surface area contributed by atoms with Crippen LogP contribution >= 0.6 is 11.3 Å². The molecule has 1 atom stereocenters. The van der Waals surface area contributed by atoms with E-state index in [4.69, 9.17) is 4.42 Å². The minimum absolute atomic E-state index is 0.231. The van der Waals surface area contributed by atoms with Crippen LogP contribution in [-0.4, -0.2) is 33.3 Å². The van der Waals surface area contributed by atoms with Crippen molar-refractivity contribution in [1.29, 1.82) is 0 Å². The molecule has 0 saturated heterocycles. The summed E-state index contributed by atoms with van der Waals surface area (Å²) in [4.78, 5) is 19.2. The molecule has 0 aliphatic heterocycles. The van der Waals surface area contributed by atoms with E-state index < -0.39 is 10.8 Å². The third-order valence-corrected chi connectivity index (χ3v) is 6.01. The maximum absolute atomic E-state index is 13.0. The molecule has 2 heterocycles. The number of benzene rings is 2. The van der Waals surface area contributed by atoms with Gasteiger partial charge in [-0.1, -0.05) is 30.3 Å². The van der Waals surface area contributed by atoms with Gasteiger partial charge in [-0.05, 0) is 18.2 Å². The third-order valence-electron chi connectivity index (χ3n) is 4.30. The highest BCUT2D eigenvalue weighted by Crippen LogP contribution is 2.29. The van der Waals surface area contributed by atoms with Crippen LogP contribution in [0, 0.1) is 0 Å². The van der Waals surface area contributed by atoms with E-state index in [9.17, 15) is 9.00 Å². The molecule has 4 aromatic rings. The molecule has 0 fully saturated rings. The largest absolute Gasteiger partial charge is 0.451 e. The molecule has 5 nitrogen and oxygen atoms in total. The summed E-state index contributed by atoms with van der Waals surface area (Å²) in [6.45, 7) is 0.393. The first-order valence-electron chi connectivity index (χ1n) is 8.43. The fourth-order valence-electron chi connectivity index (χ4n) is 3.05. The van der Waals surface area contributed by atoms with Crippen LogP contribution < -0.4 is 0 Å². The van der Waals surface area contributed by atoms with Crippen LogP contribution in [0.15, 0.2) is 52.9 Å². The number of aromatic nitrogens is 1. The second-order valence-electron chi connectivity index (χ2n) is 6.36. The molecular formula is C20H18N2O3S2. The molecule has 0 N–H and O–H groups in total. The molecule has 0 bridgehead atoms. The predicted octanol–water partition coefficient (Wildman–Crippen LogP) is 4.19. The number of hydrogen-bond acceptors (Lipinski definition) is 5. The van der Waals surface area contributed by atoms with Gasteiger partial charge in [-0.15, -0.1) is 11.3 Å². The molecule has 7 heteroatoms. The van der Waals surface area contributed by atoms with E-state index in [1.807, 2.05) is 48.5 Å². The second kappa shape index (κ2) is 7.25. The van der Waals surface area contributed by atoms with Gasteiger partial charge in [0, 0.05) is 35.1 Å². The first kappa shape index (κ1) is 17.9. The van der Waals surface area contributed by atoms with Crippen molar-refractivity contribution in [2.24, 2.45) is 0 Å². The number of rotatable bonds is 5. The number of amides is 1. The number of thiazole rings is 1. The topological polar surface area (TPSA) is 63.4 Å². The molecule has 0 radical (unpaired) electrons. The first-order chi connectivity index (χ1) is 13.0. The van der Waals surface area contributed by atoms with Gasteiger partial charge in [0.15, 0.2) is 5.76 Å².